The first-order valence-electron chi connectivity index (χ1n) is 14.6. The molecule has 222 valence electrons. The molecule has 0 spiro atoms. The third kappa shape index (κ3) is 5.08. The third-order valence-electron chi connectivity index (χ3n) is 8.34. The average Bonchev–Trinajstić information content (AvgIpc) is 3.46. The molecule has 44 heavy (non-hydrogen) atoms. The van der Waals surface area contributed by atoms with Crippen LogP contribution in [0.25, 0.3) is 21.7 Å². The highest BCUT2D eigenvalue weighted by Gasteiger charge is 2.49. The van der Waals surface area contributed by atoms with Gasteiger partial charge in [-0.25, -0.2) is 0 Å². The molecule has 1 amide bonds. The van der Waals surface area contributed by atoms with E-state index in [1.165, 1.54) is 6.20 Å². The summed E-state index contributed by atoms with van der Waals surface area (Å²) in [4.78, 5) is 21.3. The summed E-state index contributed by atoms with van der Waals surface area (Å²) in [6.45, 7) is 6.95. The van der Waals surface area contributed by atoms with E-state index in [2.05, 4.69) is 64.5 Å². The van der Waals surface area contributed by atoms with Gasteiger partial charge in [0.2, 0.25) is 5.91 Å². The van der Waals surface area contributed by atoms with Crippen molar-refractivity contribution >= 4 is 39.0 Å². The number of hydrogen-bond donors (Lipinski definition) is 5. The summed E-state index contributed by atoms with van der Waals surface area (Å²) < 4.78 is 0. The van der Waals surface area contributed by atoms with Crippen LogP contribution in [0.5, 0.6) is 0 Å². The van der Waals surface area contributed by atoms with Gasteiger partial charge in [-0.3, -0.25) is 19.8 Å². The first-order valence-corrected chi connectivity index (χ1v) is 14.6. The Morgan fingerprint density at radius 1 is 1.14 bits per heavy atom. The van der Waals surface area contributed by atoms with Crippen LogP contribution in [-0.4, -0.2) is 33.0 Å². The highest BCUT2D eigenvalue weighted by molar-refractivity contribution is 5.99. The SMILES string of the molecule is CC(C)(C)CNc1c(C#N)cnc2c(C#N)cc(N[C@H](C3=CN(C4(C(N)=O)CCC4)NN3)c3cccc4cnccc34)cc12. The number of aromatic nitrogens is 2. The zero-order valence-corrected chi connectivity index (χ0v) is 24.9. The van der Waals surface area contributed by atoms with Crippen LogP contribution < -0.4 is 27.3 Å². The molecule has 3 heterocycles. The van der Waals surface area contributed by atoms with Crippen molar-refractivity contribution in [3.8, 4) is 12.1 Å². The predicted octanol–water partition coefficient (Wildman–Crippen LogP) is 4.71. The van der Waals surface area contributed by atoms with Gasteiger partial charge < -0.3 is 21.8 Å². The van der Waals surface area contributed by atoms with Crippen LogP contribution >= 0.6 is 0 Å². The average molecular weight is 587 g/mol. The maximum absolute atomic E-state index is 12.5. The number of nitrogens with zero attached hydrogens (tertiary/aromatic N) is 5. The lowest BCUT2D eigenvalue weighted by Crippen LogP contribution is -2.63. The van der Waals surface area contributed by atoms with Gasteiger partial charge in [0.1, 0.15) is 17.7 Å². The van der Waals surface area contributed by atoms with Crippen molar-refractivity contribution in [1.82, 2.24) is 25.9 Å². The van der Waals surface area contributed by atoms with Gasteiger partial charge in [-0.15, -0.1) is 5.53 Å². The lowest BCUT2D eigenvalue weighted by molar-refractivity contribution is -0.136. The van der Waals surface area contributed by atoms with Gasteiger partial charge in [-0.2, -0.15) is 10.5 Å². The number of amides is 1. The van der Waals surface area contributed by atoms with Crippen molar-refractivity contribution < 1.29 is 4.79 Å². The molecule has 1 aliphatic heterocycles. The van der Waals surface area contributed by atoms with Crippen LogP contribution in [0.15, 0.2) is 66.9 Å². The lowest BCUT2D eigenvalue weighted by Gasteiger charge is -2.44. The van der Waals surface area contributed by atoms with Crippen molar-refractivity contribution in [3.05, 3.63) is 83.6 Å². The first kappa shape index (κ1) is 28.7. The zero-order chi connectivity index (χ0) is 31.1. The highest BCUT2D eigenvalue weighted by Crippen LogP contribution is 2.40. The molecule has 1 fully saturated rings. The van der Waals surface area contributed by atoms with Gasteiger partial charge in [0, 0.05) is 47.8 Å². The standard InChI is InChI=1S/C33H34N10O/c1-32(2,3)19-39-29-22(15-35)17-38-28-21(14-34)12-23(13-26(28)29)40-30(25-7-4-6-20-16-37-11-8-24(20)25)27-18-43(42-41-27)33(31(36)44)9-5-10-33/h4,6-8,11-13,16-18,30,40-42H,5,9-10,19H2,1-3H3,(H2,36,44)(H,38,39)/t30-/m0/s1. The normalized spacial score (nSPS) is 16.3. The monoisotopic (exact) mass is 586 g/mol. The molecule has 6 rings (SSSR count). The molecule has 1 saturated carbocycles. The van der Waals surface area contributed by atoms with Crippen LogP contribution in [-0.2, 0) is 4.79 Å². The van der Waals surface area contributed by atoms with Crippen LogP contribution in [0.4, 0.5) is 11.4 Å². The molecule has 2 aromatic carbocycles. The minimum absolute atomic E-state index is 0.0488. The van der Waals surface area contributed by atoms with E-state index in [4.69, 9.17) is 5.73 Å². The van der Waals surface area contributed by atoms with Crippen molar-refractivity contribution in [1.29, 1.82) is 10.5 Å². The number of anilines is 2. The van der Waals surface area contributed by atoms with Gasteiger partial charge >= 0.3 is 0 Å². The summed E-state index contributed by atoms with van der Waals surface area (Å²) in [5, 5.41) is 31.6. The van der Waals surface area contributed by atoms with Gasteiger partial charge in [-0.05, 0) is 53.8 Å². The maximum atomic E-state index is 12.5. The van der Waals surface area contributed by atoms with Crippen LogP contribution in [0, 0.1) is 28.1 Å². The van der Waals surface area contributed by atoms with Crippen LogP contribution in [0.3, 0.4) is 0 Å². The molecule has 2 aliphatic rings. The maximum Gasteiger partial charge on any atom is 0.244 e. The second-order valence-electron chi connectivity index (χ2n) is 12.6. The largest absolute Gasteiger partial charge is 0.383 e. The Bertz CT molecular complexity index is 1890. The van der Waals surface area contributed by atoms with E-state index in [-0.39, 0.29) is 11.3 Å². The number of nitrogens with two attached hydrogens (primary N) is 1. The molecule has 2 aromatic heterocycles. The van der Waals surface area contributed by atoms with Gasteiger partial charge in [-0.1, -0.05) is 39.0 Å². The van der Waals surface area contributed by atoms with E-state index in [9.17, 15) is 15.3 Å². The van der Waals surface area contributed by atoms with E-state index in [1.807, 2.05) is 42.7 Å². The molecule has 11 heteroatoms. The van der Waals surface area contributed by atoms with E-state index in [0.717, 1.165) is 28.5 Å². The van der Waals surface area contributed by atoms with Crippen molar-refractivity contribution in [2.75, 3.05) is 17.2 Å². The van der Waals surface area contributed by atoms with Crippen LogP contribution in [0.2, 0.25) is 0 Å². The summed E-state index contributed by atoms with van der Waals surface area (Å²) in [5.74, 6) is -0.374. The Morgan fingerprint density at radius 2 is 1.93 bits per heavy atom. The number of nitriles is 2. The minimum Gasteiger partial charge on any atom is -0.383 e. The quantitative estimate of drug-likeness (QED) is 0.195. The molecule has 0 unspecified atom stereocenters. The molecule has 1 aliphatic carbocycles. The van der Waals surface area contributed by atoms with Crippen LogP contribution in [0.1, 0.15) is 62.8 Å². The topological polar surface area (TPSA) is 168 Å². The number of rotatable bonds is 8. The number of nitrogens with one attached hydrogen (secondary N) is 4. The molecule has 1 atom stereocenters. The molecule has 0 radical (unpaired) electrons. The second-order valence-corrected chi connectivity index (χ2v) is 12.6. The van der Waals surface area contributed by atoms with Gasteiger partial charge in [0.15, 0.2) is 0 Å². The fraction of sp³-hybridized carbons (Fsp3) is 0.303. The number of primary amides is 1. The fourth-order valence-electron chi connectivity index (χ4n) is 5.81. The number of carbonyl (C=O) groups is 1. The Balaban J connectivity index is 1.49. The summed E-state index contributed by atoms with van der Waals surface area (Å²) >= 11 is 0. The Labute approximate surface area is 255 Å². The van der Waals surface area contributed by atoms with E-state index < -0.39 is 11.6 Å². The van der Waals surface area contributed by atoms with Crippen molar-refractivity contribution in [3.63, 3.8) is 0 Å². The number of hydrazine groups is 2. The Morgan fingerprint density at radius 3 is 2.61 bits per heavy atom. The summed E-state index contributed by atoms with van der Waals surface area (Å²) in [5.41, 5.74) is 15.7. The Kier molecular flexibility index (Phi) is 7.20. The highest BCUT2D eigenvalue weighted by atomic mass is 16.2. The fourth-order valence-corrected chi connectivity index (χ4v) is 5.81. The zero-order valence-electron chi connectivity index (χ0n) is 24.9. The summed E-state index contributed by atoms with van der Waals surface area (Å²) in [6, 6.07) is 15.8. The number of pyridine rings is 2. The molecular weight excluding hydrogens is 552 g/mol. The number of benzene rings is 2. The summed E-state index contributed by atoms with van der Waals surface area (Å²) in [7, 11) is 0. The number of fused-ring (bicyclic) bond motifs is 2. The molecule has 0 saturated heterocycles. The predicted molar refractivity (Wildman–Crippen MR) is 169 cm³/mol. The Hall–Kier alpha value is -5.39. The molecule has 4 aromatic rings. The van der Waals surface area contributed by atoms with E-state index >= 15 is 0 Å². The van der Waals surface area contributed by atoms with Gasteiger partial charge in [0.25, 0.3) is 0 Å². The number of carbonyl (C=O) groups excluding carboxylic acids is 1. The van der Waals surface area contributed by atoms with E-state index in [1.54, 1.807) is 17.3 Å². The molecule has 11 nitrogen and oxygen atoms in total. The first-order chi connectivity index (χ1) is 21.1. The molecule has 6 N–H and O–H groups in total. The van der Waals surface area contributed by atoms with Crippen molar-refractivity contribution in [2.45, 2.75) is 51.6 Å². The van der Waals surface area contributed by atoms with E-state index in [0.29, 0.717) is 52.8 Å². The second kappa shape index (κ2) is 11.0. The van der Waals surface area contributed by atoms with Crippen molar-refractivity contribution in [2.24, 2.45) is 11.1 Å². The molecule has 0 bridgehead atoms. The lowest BCUT2D eigenvalue weighted by atomic mass is 9.75. The summed E-state index contributed by atoms with van der Waals surface area (Å²) in [6.07, 6.45) is 9.21. The van der Waals surface area contributed by atoms with Gasteiger partial charge in [0.05, 0.1) is 34.1 Å². The smallest absolute Gasteiger partial charge is 0.244 e. The third-order valence-corrected chi connectivity index (χ3v) is 8.34. The number of hydrogen-bond acceptors (Lipinski definition) is 10. The molecular formula is C33H34N10O. The minimum atomic E-state index is -0.800.